The molecule has 0 bridgehead atoms. The molecule has 3 nitrogen and oxygen atoms in total. The molecule has 18 heavy (non-hydrogen) atoms. The average Bonchev–Trinajstić information content (AvgIpc) is 2.34. The molecule has 0 aliphatic heterocycles. The molecule has 0 spiro atoms. The van der Waals surface area contributed by atoms with Gasteiger partial charge in [-0.25, -0.2) is 0 Å². The van der Waals surface area contributed by atoms with E-state index in [0.29, 0.717) is 23.0 Å². The number of benzene rings is 1. The number of hydrogen-bond acceptors (Lipinski definition) is 2. The van der Waals surface area contributed by atoms with Gasteiger partial charge >= 0.3 is 0 Å². The Hall–Kier alpha value is -1.06. The van der Waals surface area contributed by atoms with E-state index < -0.39 is 0 Å². The lowest BCUT2D eigenvalue weighted by atomic mass is 10.0. The van der Waals surface area contributed by atoms with Gasteiger partial charge in [0.05, 0.1) is 0 Å². The highest BCUT2D eigenvalue weighted by molar-refractivity contribution is 6.30. The molecular formula is C14H20ClNO2. The molecule has 0 aliphatic rings. The van der Waals surface area contributed by atoms with Gasteiger partial charge in [-0.15, -0.1) is 0 Å². The molecule has 0 radical (unpaired) electrons. The molecule has 1 amide bonds. The molecule has 2 N–H and O–H groups in total. The number of aliphatic hydroxyl groups is 1. The summed E-state index contributed by atoms with van der Waals surface area (Å²) in [6.07, 6.45) is 1.66. The van der Waals surface area contributed by atoms with Crippen LogP contribution in [-0.2, 0) is 0 Å². The Labute approximate surface area is 113 Å². The predicted octanol–water partition coefficient (Wildman–Crippen LogP) is 2.79. The van der Waals surface area contributed by atoms with E-state index >= 15 is 0 Å². The van der Waals surface area contributed by atoms with Gasteiger partial charge in [0.15, 0.2) is 0 Å². The fourth-order valence-electron chi connectivity index (χ4n) is 1.85. The zero-order valence-electron chi connectivity index (χ0n) is 10.9. The third-order valence-electron chi connectivity index (χ3n) is 3.10. The maximum atomic E-state index is 12.0. The lowest BCUT2D eigenvalue weighted by molar-refractivity contribution is 0.0943. The summed E-state index contributed by atoms with van der Waals surface area (Å²) < 4.78 is 0. The third kappa shape index (κ3) is 4.31. The summed E-state index contributed by atoms with van der Waals surface area (Å²) in [5.41, 5.74) is 1.52. The second kappa shape index (κ2) is 7.39. The van der Waals surface area contributed by atoms with E-state index in [9.17, 15) is 4.79 Å². The van der Waals surface area contributed by atoms with E-state index in [1.807, 2.05) is 6.92 Å². The summed E-state index contributed by atoms with van der Waals surface area (Å²) in [7, 11) is 0. The van der Waals surface area contributed by atoms with E-state index in [1.165, 1.54) is 0 Å². The van der Waals surface area contributed by atoms with Crippen molar-refractivity contribution < 1.29 is 9.90 Å². The minimum absolute atomic E-state index is 0.0828. The summed E-state index contributed by atoms with van der Waals surface area (Å²) in [6, 6.07) is 5.23. The van der Waals surface area contributed by atoms with Crippen molar-refractivity contribution in [2.45, 2.75) is 26.7 Å². The number of aliphatic hydroxyl groups excluding tert-OH is 1. The van der Waals surface area contributed by atoms with Gasteiger partial charge < -0.3 is 10.4 Å². The van der Waals surface area contributed by atoms with Gasteiger partial charge in [-0.05, 0) is 43.0 Å². The van der Waals surface area contributed by atoms with Crippen molar-refractivity contribution in [3.63, 3.8) is 0 Å². The van der Waals surface area contributed by atoms with Crippen molar-refractivity contribution in [2.75, 3.05) is 13.2 Å². The molecular weight excluding hydrogens is 250 g/mol. The number of amides is 1. The van der Waals surface area contributed by atoms with Gasteiger partial charge in [-0.1, -0.05) is 24.9 Å². The van der Waals surface area contributed by atoms with Crippen LogP contribution in [0.15, 0.2) is 18.2 Å². The van der Waals surface area contributed by atoms with Crippen LogP contribution in [0.25, 0.3) is 0 Å². The first-order valence-corrected chi connectivity index (χ1v) is 6.61. The van der Waals surface area contributed by atoms with E-state index in [2.05, 4.69) is 12.2 Å². The lowest BCUT2D eigenvalue weighted by Crippen LogP contribution is -2.30. The monoisotopic (exact) mass is 269 g/mol. The first-order chi connectivity index (χ1) is 8.58. The minimum Gasteiger partial charge on any atom is -0.396 e. The maximum Gasteiger partial charge on any atom is 0.251 e. The van der Waals surface area contributed by atoms with Gasteiger partial charge in [-0.3, -0.25) is 4.79 Å². The summed E-state index contributed by atoms with van der Waals surface area (Å²) in [5.74, 6) is 0.243. The van der Waals surface area contributed by atoms with Crippen molar-refractivity contribution >= 4 is 17.5 Å². The minimum atomic E-state index is -0.0828. The smallest absolute Gasteiger partial charge is 0.251 e. The fraction of sp³-hybridized carbons (Fsp3) is 0.500. The first-order valence-electron chi connectivity index (χ1n) is 6.23. The maximum absolute atomic E-state index is 12.0. The second-order valence-corrected chi connectivity index (χ2v) is 4.89. The van der Waals surface area contributed by atoms with Gasteiger partial charge in [0, 0.05) is 23.7 Å². The number of hydrogen-bond donors (Lipinski definition) is 2. The van der Waals surface area contributed by atoms with Crippen molar-refractivity contribution in [3.8, 4) is 0 Å². The molecule has 0 heterocycles. The zero-order valence-corrected chi connectivity index (χ0v) is 11.6. The van der Waals surface area contributed by atoms with Crippen LogP contribution in [0.4, 0.5) is 0 Å². The van der Waals surface area contributed by atoms with Crippen LogP contribution in [0, 0.1) is 12.8 Å². The van der Waals surface area contributed by atoms with Crippen molar-refractivity contribution in [2.24, 2.45) is 5.92 Å². The molecule has 0 fully saturated rings. The Morgan fingerprint density at radius 1 is 1.50 bits per heavy atom. The normalized spacial score (nSPS) is 12.2. The Kier molecular flexibility index (Phi) is 6.16. The molecule has 1 atom stereocenters. The highest BCUT2D eigenvalue weighted by Crippen LogP contribution is 2.15. The summed E-state index contributed by atoms with van der Waals surface area (Å²) in [4.78, 5) is 12.0. The summed E-state index contributed by atoms with van der Waals surface area (Å²) in [6.45, 7) is 4.68. The van der Waals surface area contributed by atoms with Crippen molar-refractivity contribution in [1.29, 1.82) is 0 Å². The number of carbonyl (C=O) groups is 1. The van der Waals surface area contributed by atoms with Crippen molar-refractivity contribution in [1.82, 2.24) is 5.32 Å². The highest BCUT2D eigenvalue weighted by Gasteiger charge is 2.11. The molecule has 1 aromatic rings. The van der Waals surface area contributed by atoms with Crippen LogP contribution in [0.3, 0.4) is 0 Å². The number of rotatable bonds is 6. The predicted molar refractivity (Wildman–Crippen MR) is 74.0 cm³/mol. The SMILES string of the molecule is CCC(CCO)CNC(=O)c1ccc(Cl)cc1C. The van der Waals surface area contributed by atoms with E-state index in [1.54, 1.807) is 18.2 Å². The molecule has 1 rings (SSSR count). The summed E-state index contributed by atoms with van der Waals surface area (Å²) >= 11 is 5.85. The van der Waals surface area contributed by atoms with Gasteiger partial charge in [-0.2, -0.15) is 0 Å². The molecule has 1 unspecified atom stereocenters. The third-order valence-corrected chi connectivity index (χ3v) is 3.33. The van der Waals surface area contributed by atoms with E-state index in [0.717, 1.165) is 18.4 Å². The fourth-order valence-corrected chi connectivity index (χ4v) is 2.07. The largest absolute Gasteiger partial charge is 0.396 e. The van der Waals surface area contributed by atoms with Crippen molar-refractivity contribution in [3.05, 3.63) is 34.3 Å². The standard InChI is InChI=1S/C14H20ClNO2/c1-3-11(6-7-17)9-16-14(18)13-5-4-12(15)8-10(13)2/h4-5,8,11,17H,3,6-7,9H2,1-2H3,(H,16,18). The molecule has 4 heteroatoms. The van der Waals surface area contributed by atoms with E-state index in [-0.39, 0.29) is 12.5 Å². The highest BCUT2D eigenvalue weighted by atomic mass is 35.5. The Bertz CT molecular complexity index is 407. The Morgan fingerprint density at radius 2 is 2.22 bits per heavy atom. The van der Waals surface area contributed by atoms with Gasteiger partial charge in [0.25, 0.3) is 5.91 Å². The van der Waals surface area contributed by atoms with Crippen LogP contribution >= 0.6 is 11.6 Å². The second-order valence-electron chi connectivity index (χ2n) is 4.46. The Morgan fingerprint density at radius 3 is 2.78 bits per heavy atom. The molecule has 100 valence electrons. The molecule has 0 aromatic heterocycles. The summed E-state index contributed by atoms with van der Waals surface area (Å²) in [5, 5.41) is 12.4. The molecule has 0 saturated heterocycles. The van der Waals surface area contributed by atoms with Gasteiger partial charge in [0.1, 0.15) is 0 Å². The van der Waals surface area contributed by atoms with E-state index in [4.69, 9.17) is 16.7 Å². The number of aryl methyl sites for hydroxylation is 1. The van der Waals surface area contributed by atoms with Crippen LogP contribution in [-0.4, -0.2) is 24.2 Å². The Balaban J connectivity index is 2.59. The van der Waals surface area contributed by atoms with Gasteiger partial charge in [0.2, 0.25) is 0 Å². The van der Waals surface area contributed by atoms with Crippen LogP contribution in [0.5, 0.6) is 0 Å². The van der Waals surface area contributed by atoms with Crippen LogP contribution < -0.4 is 5.32 Å². The molecule has 0 saturated carbocycles. The average molecular weight is 270 g/mol. The number of halogens is 1. The number of nitrogens with one attached hydrogen (secondary N) is 1. The zero-order chi connectivity index (χ0) is 13.5. The molecule has 0 aliphatic carbocycles. The van der Waals surface area contributed by atoms with Crippen LogP contribution in [0.2, 0.25) is 5.02 Å². The first kappa shape index (κ1) is 15.0. The quantitative estimate of drug-likeness (QED) is 0.834. The lowest BCUT2D eigenvalue weighted by Gasteiger charge is -2.15. The van der Waals surface area contributed by atoms with Crippen LogP contribution in [0.1, 0.15) is 35.7 Å². The number of carbonyl (C=O) groups excluding carboxylic acids is 1. The topological polar surface area (TPSA) is 49.3 Å². The molecule has 1 aromatic carbocycles.